The molecule has 0 saturated carbocycles. The van der Waals surface area contributed by atoms with E-state index in [2.05, 4.69) is 19.1 Å². The van der Waals surface area contributed by atoms with Crippen LogP contribution < -0.4 is 4.74 Å². The highest BCUT2D eigenvalue weighted by Crippen LogP contribution is 2.15. The Labute approximate surface area is 118 Å². The molecule has 0 fully saturated rings. The zero-order valence-electron chi connectivity index (χ0n) is 10.7. The molecule has 0 spiro atoms. The minimum Gasteiger partial charge on any atom is -0.489 e. The number of benzene rings is 2. The highest BCUT2D eigenvalue weighted by molar-refractivity contribution is 6.30. The summed E-state index contributed by atoms with van der Waals surface area (Å²) in [5.41, 5.74) is 2.95. The molecule has 0 amide bonds. The lowest BCUT2D eigenvalue weighted by atomic mass is 10.1. The van der Waals surface area contributed by atoms with E-state index in [1.165, 1.54) is 5.56 Å². The molecule has 3 heteroatoms. The second-order valence-corrected chi connectivity index (χ2v) is 4.63. The quantitative estimate of drug-likeness (QED) is 0.609. The van der Waals surface area contributed by atoms with Crippen LogP contribution in [0.15, 0.2) is 48.5 Å². The molecule has 2 rings (SSSR count). The van der Waals surface area contributed by atoms with Crippen molar-refractivity contribution in [3.05, 3.63) is 65.2 Å². The first-order chi connectivity index (χ1) is 9.19. The number of ketones is 1. The Balaban J connectivity index is 1.98. The van der Waals surface area contributed by atoms with Crippen molar-refractivity contribution in [3.8, 4) is 5.75 Å². The van der Waals surface area contributed by atoms with Gasteiger partial charge in [0.15, 0.2) is 5.78 Å². The number of aryl methyl sites for hydroxylation is 1. The SMILES string of the molecule is Cc1cccc(COc2ccc(C(=O)CCl)cc2)c1. The van der Waals surface area contributed by atoms with Gasteiger partial charge in [0.2, 0.25) is 0 Å². The standard InChI is InChI=1S/C16H15ClO2/c1-12-3-2-4-13(9-12)11-19-15-7-5-14(6-8-15)16(18)10-17/h2-9H,10-11H2,1H3. The first-order valence-electron chi connectivity index (χ1n) is 6.06. The maximum atomic E-state index is 11.4. The molecule has 0 unspecified atom stereocenters. The van der Waals surface area contributed by atoms with Crippen molar-refractivity contribution in [2.24, 2.45) is 0 Å². The highest BCUT2D eigenvalue weighted by Gasteiger charge is 2.03. The summed E-state index contributed by atoms with van der Waals surface area (Å²) in [5, 5.41) is 0. The van der Waals surface area contributed by atoms with Crippen LogP contribution in [0.2, 0.25) is 0 Å². The van der Waals surface area contributed by atoms with Crippen molar-refractivity contribution in [1.29, 1.82) is 0 Å². The number of ether oxygens (including phenoxy) is 1. The van der Waals surface area contributed by atoms with Crippen molar-refractivity contribution in [2.45, 2.75) is 13.5 Å². The number of hydrogen-bond acceptors (Lipinski definition) is 2. The summed E-state index contributed by atoms with van der Waals surface area (Å²) in [6.45, 7) is 2.57. The predicted octanol–water partition coefficient (Wildman–Crippen LogP) is 4.00. The van der Waals surface area contributed by atoms with Crippen molar-refractivity contribution >= 4 is 17.4 Å². The smallest absolute Gasteiger partial charge is 0.177 e. The van der Waals surface area contributed by atoms with Gasteiger partial charge in [0.1, 0.15) is 12.4 Å². The zero-order valence-corrected chi connectivity index (χ0v) is 11.5. The molecule has 0 saturated heterocycles. The van der Waals surface area contributed by atoms with Gasteiger partial charge in [-0.2, -0.15) is 0 Å². The average molecular weight is 275 g/mol. The summed E-state index contributed by atoms with van der Waals surface area (Å²) in [6.07, 6.45) is 0. The number of halogens is 1. The molecule has 2 aromatic carbocycles. The van der Waals surface area contributed by atoms with Crippen LogP contribution >= 0.6 is 11.6 Å². The molecule has 0 N–H and O–H groups in total. The predicted molar refractivity (Wildman–Crippen MR) is 77.0 cm³/mol. The summed E-state index contributed by atoms with van der Waals surface area (Å²) >= 11 is 5.50. The molecule has 0 aromatic heterocycles. The zero-order chi connectivity index (χ0) is 13.7. The lowest BCUT2D eigenvalue weighted by molar-refractivity contribution is 0.102. The van der Waals surface area contributed by atoms with Gasteiger partial charge in [0.05, 0.1) is 5.88 Å². The van der Waals surface area contributed by atoms with Crippen LogP contribution in [-0.2, 0) is 6.61 Å². The van der Waals surface area contributed by atoms with E-state index in [0.717, 1.165) is 11.3 Å². The van der Waals surface area contributed by atoms with Crippen LogP contribution in [0.4, 0.5) is 0 Å². The topological polar surface area (TPSA) is 26.3 Å². The maximum Gasteiger partial charge on any atom is 0.177 e. The molecule has 0 heterocycles. The third kappa shape index (κ3) is 3.83. The van der Waals surface area contributed by atoms with Crippen LogP contribution in [0, 0.1) is 6.92 Å². The van der Waals surface area contributed by atoms with E-state index < -0.39 is 0 Å². The molecular weight excluding hydrogens is 260 g/mol. The van der Waals surface area contributed by atoms with Gasteiger partial charge in [-0.3, -0.25) is 4.79 Å². The minimum atomic E-state index is -0.0769. The van der Waals surface area contributed by atoms with Gasteiger partial charge in [-0.15, -0.1) is 11.6 Å². The van der Waals surface area contributed by atoms with Crippen molar-refractivity contribution < 1.29 is 9.53 Å². The molecule has 2 nitrogen and oxygen atoms in total. The van der Waals surface area contributed by atoms with E-state index in [4.69, 9.17) is 16.3 Å². The number of carbonyl (C=O) groups is 1. The molecular formula is C16H15ClO2. The van der Waals surface area contributed by atoms with Gasteiger partial charge in [-0.25, -0.2) is 0 Å². The van der Waals surface area contributed by atoms with E-state index in [9.17, 15) is 4.79 Å². The van der Waals surface area contributed by atoms with Crippen LogP contribution in [0.3, 0.4) is 0 Å². The van der Waals surface area contributed by atoms with Crippen LogP contribution in [0.1, 0.15) is 21.5 Å². The fourth-order valence-electron chi connectivity index (χ4n) is 1.78. The molecule has 2 aromatic rings. The van der Waals surface area contributed by atoms with E-state index in [-0.39, 0.29) is 11.7 Å². The van der Waals surface area contributed by atoms with E-state index >= 15 is 0 Å². The van der Waals surface area contributed by atoms with Crippen LogP contribution in [-0.4, -0.2) is 11.7 Å². The minimum absolute atomic E-state index is 0.00347. The lowest BCUT2D eigenvalue weighted by Crippen LogP contribution is -2.00. The Kier molecular flexibility index (Phi) is 4.58. The molecule has 0 aliphatic heterocycles. The third-order valence-corrected chi connectivity index (χ3v) is 3.03. The molecule has 0 radical (unpaired) electrons. The Morgan fingerprint density at radius 2 is 1.89 bits per heavy atom. The monoisotopic (exact) mass is 274 g/mol. The average Bonchev–Trinajstić information content (AvgIpc) is 2.45. The van der Waals surface area contributed by atoms with Gasteiger partial charge in [-0.1, -0.05) is 29.8 Å². The van der Waals surface area contributed by atoms with Crippen LogP contribution in [0.5, 0.6) is 5.75 Å². The van der Waals surface area contributed by atoms with Crippen molar-refractivity contribution in [2.75, 3.05) is 5.88 Å². The van der Waals surface area contributed by atoms with Crippen LogP contribution in [0.25, 0.3) is 0 Å². The van der Waals surface area contributed by atoms with E-state index in [1.807, 2.05) is 12.1 Å². The van der Waals surface area contributed by atoms with Gasteiger partial charge in [0.25, 0.3) is 0 Å². The fourth-order valence-corrected chi connectivity index (χ4v) is 1.94. The maximum absolute atomic E-state index is 11.4. The normalized spacial score (nSPS) is 10.2. The lowest BCUT2D eigenvalue weighted by Gasteiger charge is -2.07. The molecule has 98 valence electrons. The molecule has 0 aliphatic rings. The molecule has 0 bridgehead atoms. The summed E-state index contributed by atoms with van der Waals surface area (Å²) in [5.74, 6) is 0.670. The number of Topliss-reactive ketones (excluding diaryl/α,β-unsaturated/α-hetero) is 1. The summed E-state index contributed by atoms with van der Waals surface area (Å²) in [6, 6.07) is 15.2. The van der Waals surface area contributed by atoms with E-state index in [0.29, 0.717) is 12.2 Å². The Hall–Kier alpha value is -1.80. The second kappa shape index (κ2) is 6.39. The summed E-state index contributed by atoms with van der Waals surface area (Å²) in [4.78, 5) is 11.4. The second-order valence-electron chi connectivity index (χ2n) is 4.36. The number of hydrogen-bond donors (Lipinski definition) is 0. The van der Waals surface area contributed by atoms with E-state index in [1.54, 1.807) is 24.3 Å². The third-order valence-electron chi connectivity index (χ3n) is 2.79. The molecule has 0 atom stereocenters. The first kappa shape index (κ1) is 13.6. The van der Waals surface area contributed by atoms with Gasteiger partial charge < -0.3 is 4.74 Å². The number of rotatable bonds is 5. The number of carbonyl (C=O) groups excluding carboxylic acids is 1. The van der Waals surface area contributed by atoms with Gasteiger partial charge in [-0.05, 0) is 36.8 Å². The highest BCUT2D eigenvalue weighted by atomic mass is 35.5. The van der Waals surface area contributed by atoms with Crippen molar-refractivity contribution in [3.63, 3.8) is 0 Å². The molecule has 19 heavy (non-hydrogen) atoms. The largest absolute Gasteiger partial charge is 0.489 e. The summed E-state index contributed by atoms with van der Waals surface area (Å²) in [7, 11) is 0. The first-order valence-corrected chi connectivity index (χ1v) is 6.60. The molecule has 0 aliphatic carbocycles. The Morgan fingerprint density at radius 1 is 1.16 bits per heavy atom. The Bertz CT molecular complexity index is 561. The van der Waals surface area contributed by atoms with Crippen molar-refractivity contribution in [1.82, 2.24) is 0 Å². The van der Waals surface area contributed by atoms with Gasteiger partial charge >= 0.3 is 0 Å². The summed E-state index contributed by atoms with van der Waals surface area (Å²) < 4.78 is 5.67. The Morgan fingerprint density at radius 3 is 2.53 bits per heavy atom. The van der Waals surface area contributed by atoms with Gasteiger partial charge in [0, 0.05) is 5.56 Å². The number of alkyl halides is 1. The fraction of sp³-hybridized carbons (Fsp3) is 0.188.